The largest absolute Gasteiger partial charge is 0.506 e. The van der Waals surface area contributed by atoms with Crippen molar-refractivity contribution in [1.82, 2.24) is 5.43 Å². The first-order valence-corrected chi connectivity index (χ1v) is 7.00. The van der Waals surface area contributed by atoms with E-state index in [2.05, 4.69) is 10.5 Å². The van der Waals surface area contributed by atoms with Gasteiger partial charge in [-0.15, -0.1) is 0 Å². The van der Waals surface area contributed by atoms with Gasteiger partial charge in [-0.3, -0.25) is 0 Å². The smallest absolute Gasteiger partial charge is 0.139 e. The Labute approximate surface area is 128 Å². The van der Waals surface area contributed by atoms with Crippen LogP contribution >= 0.6 is 11.6 Å². The van der Waals surface area contributed by atoms with Crippen molar-refractivity contribution in [2.75, 3.05) is 7.11 Å². The van der Waals surface area contributed by atoms with Crippen molar-refractivity contribution in [3.63, 3.8) is 0 Å². The van der Waals surface area contributed by atoms with Crippen LogP contribution in [0.5, 0.6) is 11.5 Å². The van der Waals surface area contributed by atoms with Crippen LogP contribution in [0.4, 0.5) is 0 Å². The minimum absolute atomic E-state index is 0.0687. The first-order valence-electron chi connectivity index (χ1n) is 6.63. The van der Waals surface area contributed by atoms with Crippen LogP contribution in [0.2, 0.25) is 5.02 Å². The summed E-state index contributed by atoms with van der Waals surface area (Å²) in [6.07, 6.45) is 0.695. The lowest BCUT2D eigenvalue weighted by Crippen LogP contribution is -2.10. The van der Waals surface area contributed by atoms with E-state index in [1.54, 1.807) is 13.2 Å². The molecule has 1 atom stereocenters. The quantitative estimate of drug-likeness (QED) is 0.912. The summed E-state index contributed by atoms with van der Waals surface area (Å²) in [6.45, 7) is 0. The van der Waals surface area contributed by atoms with E-state index in [1.165, 1.54) is 0 Å². The average molecular weight is 303 g/mol. The Morgan fingerprint density at radius 1 is 1.24 bits per heavy atom. The standard InChI is InChI=1S/C16H15ClN2O2/c1-21-11-7-5-10(6-8-11)14-9-15(19-18-14)12-3-2-4-13(17)16(12)20/h2-8,15,19-20H,9H2,1H3. The molecule has 1 unspecified atom stereocenters. The molecular formula is C16H15ClN2O2. The summed E-state index contributed by atoms with van der Waals surface area (Å²) in [7, 11) is 1.64. The molecule has 0 spiro atoms. The molecule has 0 bridgehead atoms. The molecule has 1 aliphatic rings. The summed E-state index contributed by atoms with van der Waals surface area (Å²) in [6, 6.07) is 13.0. The van der Waals surface area contributed by atoms with Gasteiger partial charge in [-0.05, 0) is 35.9 Å². The minimum Gasteiger partial charge on any atom is -0.506 e. The molecular weight excluding hydrogens is 288 g/mol. The normalized spacial score (nSPS) is 17.2. The Balaban J connectivity index is 1.79. The van der Waals surface area contributed by atoms with Crippen LogP contribution in [0.15, 0.2) is 47.6 Å². The lowest BCUT2D eigenvalue weighted by atomic mass is 9.98. The molecule has 1 heterocycles. The highest BCUT2D eigenvalue weighted by molar-refractivity contribution is 6.32. The molecule has 2 N–H and O–H groups in total. The van der Waals surface area contributed by atoms with Crippen LogP contribution < -0.4 is 10.2 Å². The van der Waals surface area contributed by atoms with Crippen LogP contribution in [0, 0.1) is 0 Å². The lowest BCUT2D eigenvalue weighted by molar-refractivity contribution is 0.415. The van der Waals surface area contributed by atoms with Gasteiger partial charge in [-0.1, -0.05) is 23.7 Å². The average Bonchev–Trinajstić information content (AvgIpc) is 3.00. The number of ether oxygens (including phenoxy) is 1. The van der Waals surface area contributed by atoms with Crippen molar-refractivity contribution >= 4 is 17.3 Å². The van der Waals surface area contributed by atoms with Gasteiger partial charge < -0.3 is 15.3 Å². The summed E-state index contributed by atoms with van der Waals surface area (Å²) < 4.78 is 5.15. The minimum atomic E-state index is -0.0687. The number of rotatable bonds is 3. The molecule has 3 rings (SSSR count). The van der Waals surface area contributed by atoms with E-state index in [0.29, 0.717) is 11.4 Å². The molecule has 21 heavy (non-hydrogen) atoms. The number of halogens is 1. The fraction of sp³-hybridized carbons (Fsp3) is 0.188. The second-order valence-corrected chi connectivity index (χ2v) is 5.26. The van der Waals surface area contributed by atoms with E-state index < -0.39 is 0 Å². The number of hydrogen-bond acceptors (Lipinski definition) is 4. The Morgan fingerprint density at radius 2 is 2.00 bits per heavy atom. The molecule has 0 fully saturated rings. The van der Waals surface area contributed by atoms with E-state index in [-0.39, 0.29) is 11.8 Å². The SMILES string of the molecule is COc1ccc(C2=NNC(c3cccc(Cl)c3O)C2)cc1. The van der Waals surface area contributed by atoms with Crippen molar-refractivity contribution in [3.8, 4) is 11.5 Å². The summed E-state index contributed by atoms with van der Waals surface area (Å²) in [5, 5.41) is 14.8. The van der Waals surface area contributed by atoms with Crippen molar-refractivity contribution in [3.05, 3.63) is 58.6 Å². The Kier molecular flexibility index (Phi) is 3.71. The maximum atomic E-state index is 10.0. The highest BCUT2D eigenvalue weighted by atomic mass is 35.5. The predicted molar refractivity (Wildman–Crippen MR) is 83.1 cm³/mol. The monoisotopic (exact) mass is 302 g/mol. The maximum absolute atomic E-state index is 10.0. The van der Waals surface area contributed by atoms with Crippen molar-refractivity contribution < 1.29 is 9.84 Å². The molecule has 0 aliphatic carbocycles. The first-order chi connectivity index (χ1) is 10.2. The zero-order valence-electron chi connectivity index (χ0n) is 11.5. The molecule has 0 aromatic heterocycles. The number of phenols is 1. The van der Waals surface area contributed by atoms with E-state index in [4.69, 9.17) is 16.3 Å². The second-order valence-electron chi connectivity index (χ2n) is 4.85. The molecule has 108 valence electrons. The van der Waals surface area contributed by atoms with Gasteiger partial charge in [0.2, 0.25) is 0 Å². The van der Waals surface area contributed by atoms with Gasteiger partial charge in [-0.2, -0.15) is 5.10 Å². The maximum Gasteiger partial charge on any atom is 0.139 e. The van der Waals surface area contributed by atoms with Crippen LogP contribution in [0.25, 0.3) is 0 Å². The van der Waals surface area contributed by atoms with Crippen LogP contribution in [-0.2, 0) is 0 Å². The van der Waals surface area contributed by atoms with Crippen molar-refractivity contribution in [2.24, 2.45) is 5.10 Å². The van der Waals surface area contributed by atoms with Gasteiger partial charge in [0.1, 0.15) is 11.5 Å². The number of aromatic hydroxyl groups is 1. The summed E-state index contributed by atoms with van der Waals surface area (Å²) in [5.74, 6) is 0.928. The number of phenolic OH excluding ortho intramolecular Hbond substituents is 1. The molecule has 0 saturated carbocycles. The molecule has 0 saturated heterocycles. The number of nitrogens with zero attached hydrogens (tertiary/aromatic N) is 1. The predicted octanol–water partition coefficient (Wildman–Crippen LogP) is 3.49. The second kappa shape index (κ2) is 5.66. The van der Waals surface area contributed by atoms with E-state index in [1.807, 2.05) is 36.4 Å². The van der Waals surface area contributed by atoms with Crippen LogP contribution in [-0.4, -0.2) is 17.9 Å². The van der Waals surface area contributed by atoms with Crippen LogP contribution in [0.1, 0.15) is 23.6 Å². The fourth-order valence-electron chi connectivity index (χ4n) is 2.40. The van der Waals surface area contributed by atoms with Crippen LogP contribution in [0.3, 0.4) is 0 Å². The Morgan fingerprint density at radius 3 is 2.71 bits per heavy atom. The highest BCUT2D eigenvalue weighted by Crippen LogP contribution is 2.35. The van der Waals surface area contributed by atoms with Gasteiger partial charge in [0.15, 0.2) is 0 Å². The number of benzene rings is 2. The molecule has 2 aromatic rings. The molecule has 2 aromatic carbocycles. The molecule has 5 heteroatoms. The Hall–Kier alpha value is -2.20. The van der Waals surface area contributed by atoms with Gasteiger partial charge >= 0.3 is 0 Å². The zero-order chi connectivity index (χ0) is 14.8. The van der Waals surface area contributed by atoms with Gasteiger partial charge in [0.25, 0.3) is 0 Å². The summed E-state index contributed by atoms with van der Waals surface area (Å²) in [5.41, 5.74) is 5.80. The number of methoxy groups -OCH3 is 1. The third kappa shape index (κ3) is 2.67. The van der Waals surface area contributed by atoms with Gasteiger partial charge in [0.05, 0.1) is 23.9 Å². The Bertz CT molecular complexity index is 683. The number of hydrazone groups is 1. The molecule has 1 aliphatic heterocycles. The van der Waals surface area contributed by atoms with E-state index >= 15 is 0 Å². The summed E-state index contributed by atoms with van der Waals surface area (Å²) in [4.78, 5) is 0. The number of hydrogen-bond donors (Lipinski definition) is 2. The van der Waals surface area contributed by atoms with E-state index in [0.717, 1.165) is 22.6 Å². The topological polar surface area (TPSA) is 53.8 Å². The fourth-order valence-corrected chi connectivity index (χ4v) is 2.58. The van der Waals surface area contributed by atoms with E-state index in [9.17, 15) is 5.11 Å². The van der Waals surface area contributed by atoms with Crippen molar-refractivity contribution in [2.45, 2.75) is 12.5 Å². The highest BCUT2D eigenvalue weighted by Gasteiger charge is 2.24. The number of para-hydroxylation sites is 1. The van der Waals surface area contributed by atoms with Gasteiger partial charge in [0, 0.05) is 12.0 Å². The number of nitrogens with one attached hydrogen (secondary N) is 1. The zero-order valence-corrected chi connectivity index (χ0v) is 12.3. The van der Waals surface area contributed by atoms with Gasteiger partial charge in [-0.25, -0.2) is 0 Å². The third-order valence-electron chi connectivity index (χ3n) is 3.57. The lowest BCUT2D eigenvalue weighted by Gasteiger charge is -2.12. The van der Waals surface area contributed by atoms with Crippen molar-refractivity contribution in [1.29, 1.82) is 0 Å². The molecule has 0 radical (unpaired) electrons. The summed E-state index contributed by atoms with van der Waals surface area (Å²) >= 11 is 5.95. The third-order valence-corrected chi connectivity index (χ3v) is 3.87. The molecule has 0 amide bonds. The first kappa shape index (κ1) is 13.8. The molecule has 4 nitrogen and oxygen atoms in total.